The van der Waals surface area contributed by atoms with Crippen molar-refractivity contribution in [3.8, 4) is 0 Å². The second kappa shape index (κ2) is 8.45. The van der Waals surface area contributed by atoms with Gasteiger partial charge in [0.25, 0.3) is 0 Å². The molecule has 0 bridgehead atoms. The summed E-state index contributed by atoms with van der Waals surface area (Å²) in [6, 6.07) is 0. The Morgan fingerprint density at radius 2 is 2.05 bits per heavy atom. The lowest BCUT2D eigenvalue weighted by Gasteiger charge is -2.16. The van der Waals surface area contributed by atoms with E-state index < -0.39 is 0 Å². The molecule has 112 valence electrons. The predicted octanol–water partition coefficient (Wildman–Crippen LogP) is 2.38. The minimum atomic E-state index is -0.334. The van der Waals surface area contributed by atoms with Crippen LogP contribution in [0.15, 0.2) is 6.20 Å². The first-order chi connectivity index (χ1) is 9.56. The molecule has 0 amide bonds. The van der Waals surface area contributed by atoms with E-state index in [4.69, 9.17) is 4.74 Å². The second-order valence-corrected chi connectivity index (χ2v) is 4.90. The lowest BCUT2D eigenvalue weighted by Crippen LogP contribution is -2.22. The largest absolute Gasteiger partial charge is 0.461 e. The van der Waals surface area contributed by atoms with E-state index in [-0.39, 0.29) is 30.1 Å². The van der Waals surface area contributed by atoms with E-state index in [1.807, 2.05) is 0 Å². The summed E-state index contributed by atoms with van der Waals surface area (Å²) in [5.41, 5.74) is 0.258. The molecule has 0 saturated carbocycles. The summed E-state index contributed by atoms with van der Waals surface area (Å²) in [7, 11) is 0. The number of aromatic nitrogens is 3. The van der Waals surface area contributed by atoms with Gasteiger partial charge in [-0.3, -0.25) is 9.59 Å². The zero-order valence-corrected chi connectivity index (χ0v) is 12.5. The van der Waals surface area contributed by atoms with Crippen molar-refractivity contribution in [2.75, 3.05) is 0 Å². The van der Waals surface area contributed by atoms with Crippen LogP contribution in [0.3, 0.4) is 0 Å². The quantitative estimate of drug-likeness (QED) is 0.513. The Morgan fingerprint density at radius 3 is 2.60 bits per heavy atom. The highest BCUT2D eigenvalue weighted by Gasteiger charge is 2.15. The summed E-state index contributed by atoms with van der Waals surface area (Å²) in [5.74, 6) is -0.504. The molecule has 6 heteroatoms. The molecule has 0 saturated heterocycles. The number of ether oxygens (including phenoxy) is 1. The monoisotopic (exact) mass is 281 g/mol. The van der Waals surface area contributed by atoms with Crippen LogP contribution >= 0.6 is 0 Å². The summed E-state index contributed by atoms with van der Waals surface area (Å²) in [6.45, 7) is 5.59. The van der Waals surface area contributed by atoms with E-state index in [1.54, 1.807) is 0 Å². The molecule has 1 aromatic heterocycles. The molecule has 0 aliphatic rings. The molecule has 0 radical (unpaired) electrons. The molecule has 1 unspecified atom stereocenters. The maximum absolute atomic E-state index is 11.8. The van der Waals surface area contributed by atoms with Crippen LogP contribution in [0, 0.1) is 0 Å². The van der Waals surface area contributed by atoms with Gasteiger partial charge in [0.15, 0.2) is 5.78 Å². The van der Waals surface area contributed by atoms with Gasteiger partial charge in [-0.2, -0.15) is 0 Å². The van der Waals surface area contributed by atoms with Crippen LogP contribution in [0.25, 0.3) is 0 Å². The Bertz CT molecular complexity index is 443. The molecule has 0 fully saturated rings. The molecule has 0 N–H and O–H groups in total. The molecule has 6 nitrogen and oxygen atoms in total. The standard InChI is InChI=1S/C14H23N3O3/c1-4-6-8-12(7-5-2)20-14(19)10-17-9-13(11(3)18)15-16-17/h9,12H,4-8,10H2,1-3H3. The number of carbonyl (C=O) groups excluding carboxylic acids is 2. The van der Waals surface area contributed by atoms with Gasteiger partial charge in [0, 0.05) is 6.92 Å². The van der Waals surface area contributed by atoms with Crippen molar-refractivity contribution in [3.05, 3.63) is 11.9 Å². The minimum absolute atomic E-state index is 0.00732. The zero-order chi connectivity index (χ0) is 15.0. The van der Waals surface area contributed by atoms with Crippen LogP contribution in [0.2, 0.25) is 0 Å². The second-order valence-electron chi connectivity index (χ2n) is 4.90. The summed E-state index contributed by atoms with van der Waals surface area (Å²) in [6.07, 6.45) is 6.33. The van der Waals surface area contributed by atoms with Gasteiger partial charge in [0.2, 0.25) is 0 Å². The third-order valence-corrected chi connectivity index (χ3v) is 2.98. The van der Waals surface area contributed by atoms with E-state index in [9.17, 15) is 9.59 Å². The van der Waals surface area contributed by atoms with Gasteiger partial charge >= 0.3 is 5.97 Å². The van der Waals surface area contributed by atoms with Gasteiger partial charge in [0.1, 0.15) is 18.3 Å². The third-order valence-electron chi connectivity index (χ3n) is 2.98. The van der Waals surface area contributed by atoms with Crippen LogP contribution < -0.4 is 0 Å². The molecule has 20 heavy (non-hydrogen) atoms. The Balaban J connectivity index is 2.49. The topological polar surface area (TPSA) is 74.1 Å². The summed E-state index contributed by atoms with van der Waals surface area (Å²) in [5, 5.41) is 7.43. The van der Waals surface area contributed by atoms with Crippen molar-refractivity contribution in [3.63, 3.8) is 0 Å². The lowest BCUT2D eigenvalue weighted by atomic mass is 10.1. The van der Waals surface area contributed by atoms with Crippen molar-refractivity contribution >= 4 is 11.8 Å². The van der Waals surface area contributed by atoms with Gasteiger partial charge in [0.05, 0.1) is 6.20 Å². The molecule has 0 aliphatic heterocycles. The Morgan fingerprint density at radius 1 is 1.30 bits per heavy atom. The number of esters is 1. The van der Waals surface area contributed by atoms with Crippen molar-refractivity contribution in [2.24, 2.45) is 0 Å². The predicted molar refractivity (Wildman–Crippen MR) is 74.3 cm³/mol. The van der Waals surface area contributed by atoms with E-state index in [2.05, 4.69) is 24.2 Å². The summed E-state index contributed by atoms with van der Waals surface area (Å²) < 4.78 is 6.79. The number of hydrogen-bond acceptors (Lipinski definition) is 5. The van der Waals surface area contributed by atoms with Gasteiger partial charge in [-0.15, -0.1) is 5.10 Å². The van der Waals surface area contributed by atoms with E-state index in [0.29, 0.717) is 0 Å². The third kappa shape index (κ3) is 5.50. The van der Waals surface area contributed by atoms with Gasteiger partial charge in [-0.05, 0) is 12.8 Å². The number of carbonyl (C=O) groups is 2. The lowest BCUT2D eigenvalue weighted by molar-refractivity contribution is -0.150. The maximum Gasteiger partial charge on any atom is 0.328 e. The molecular weight excluding hydrogens is 258 g/mol. The molecule has 0 spiro atoms. The SMILES string of the molecule is CCCCC(CCC)OC(=O)Cn1cc(C(C)=O)nn1. The first-order valence-electron chi connectivity index (χ1n) is 7.17. The maximum atomic E-state index is 11.8. The van der Waals surface area contributed by atoms with E-state index in [0.717, 1.165) is 32.1 Å². The minimum Gasteiger partial charge on any atom is -0.461 e. The highest BCUT2D eigenvalue weighted by molar-refractivity contribution is 5.91. The molecule has 0 aromatic carbocycles. The van der Waals surface area contributed by atoms with Gasteiger partial charge in [-0.25, -0.2) is 4.68 Å². The molecule has 1 aromatic rings. The number of unbranched alkanes of at least 4 members (excludes halogenated alkanes) is 1. The first kappa shape index (κ1) is 16.3. The van der Waals surface area contributed by atoms with Gasteiger partial charge in [-0.1, -0.05) is 38.3 Å². The van der Waals surface area contributed by atoms with Crippen molar-refractivity contribution in [1.29, 1.82) is 0 Å². The highest BCUT2D eigenvalue weighted by atomic mass is 16.5. The Hall–Kier alpha value is -1.72. The van der Waals surface area contributed by atoms with Crippen LogP contribution in [0.4, 0.5) is 0 Å². The molecular formula is C14H23N3O3. The zero-order valence-electron chi connectivity index (χ0n) is 12.5. The van der Waals surface area contributed by atoms with E-state index in [1.165, 1.54) is 17.8 Å². The van der Waals surface area contributed by atoms with Crippen LogP contribution in [0.5, 0.6) is 0 Å². The molecule has 0 aliphatic carbocycles. The fourth-order valence-corrected chi connectivity index (χ4v) is 1.91. The number of nitrogens with zero attached hydrogens (tertiary/aromatic N) is 3. The molecule has 1 heterocycles. The smallest absolute Gasteiger partial charge is 0.328 e. The average molecular weight is 281 g/mol. The fraction of sp³-hybridized carbons (Fsp3) is 0.714. The summed E-state index contributed by atoms with van der Waals surface area (Å²) >= 11 is 0. The average Bonchev–Trinajstić information content (AvgIpc) is 2.84. The van der Waals surface area contributed by atoms with Crippen LogP contribution in [-0.2, 0) is 16.1 Å². The fourth-order valence-electron chi connectivity index (χ4n) is 1.91. The summed E-state index contributed by atoms with van der Waals surface area (Å²) in [4.78, 5) is 22.9. The Kier molecular flexibility index (Phi) is 6.90. The number of ketones is 1. The van der Waals surface area contributed by atoms with Crippen LogP contribution in [-0.4, -0.2) is 32.9 Å². The highest BCUT2D eigenvalue weighted by Crippen LogP contribution is 2.11. The van der Waals surface area contributed by atoms with Crippen molar-refractivity contribution in [2.45, 2.75) is 65.5 Å². The van der Waals surface area contributed by atoms with Crippen LogP contribution in [0.1, 0.15) is 63.4 Å². The number of hydrogen-bond donors (Lipinski definition) is 0. The Labute approximate surface area is 119 Å². The number of rotatable bonds is 9. The van der Waals surface area contributed by atoms with Crippen molar-refractivity contribution in [1.82, 2.24) is 15.0 Å². The van der Waals surface area contributed by atoms with E-state index >= 15 is 0 Å². The van der Waals surface area contributed by atoms with Crippen molar-refractivity contribution < 1.29 is 14.3 Å². The first-order valence-corrected chi connectivity index (χ1v) is 7.17. The number of Topliss-reactive ketones (excluding diaryl/α,β-unsaturated/α-hetero) is 1. The van der Waals surface area contributed by atoms with Gasteiger partial charge < -0.3 is 4.74 Å². The molecule has 1 rings (SSSR count). The normalized spacial score (nSPS) is 12.2. The molecule has 1 atom stereocenters.